The first kappa shape index (κ1) is 10.3. The van der Waals surface area contributed by atoms with Gasteiger partial charge in [0.1, 0.15) is 0 Å². The molecular formula is C7H10BeFNO. The largest absolute Gasteiger partial charge is 2.00 e. The molecule has 0 unspecified atom stereocenters. The van der Waals surface area contributed by atoms with Crippen LogP contribution in [0.15, 0.2) is 12.7 Å². The van der Waals surface area contributed by atoms with Crippen LogP contribution in [0.4, 0.5) is 4.39 Å². The summed E-state index contributed by atoms with van der Waals surface area (Å²) in [7, 11) is 0. The molecule has 1 saturated heterocycles. The molecule has 0 saturated carbocycles. The zero-order chi connectivity index (χ0) is 7.61. The molecule has 0 aliphatic carbocycles. The fraction of sp³-hybridized carbons (Fsp3) is 0.571. The van der Waals surface area contributed by atoms with Crippen LogP contribution < -0.4 is 0 Å². The van der Waals surface area contributed by atoms with Crippen molar-refractivity contribution >= 4 is 16.0 Å². The number of allylic oxidation sites excluding steroid dienone is 1. The Hall–Kier alpha value is -0.691. The van der Waals surface area contributed by atoms with Gasteiger partial charge in [0.25, 0.3) is 0 Å². The third-order valence-corrected chi connectivity index (χ3v) is 1.61. The van der Waals surface area contributed by atoms with Crippen LogP contribution in [-0.4, -0.2) is 28.2 Å². The number of hydrogen-bond acceptors (Lipinski definition) is 1. The second-order valence-corrected chi connectivity index (χ2v) is 2.39. The smallest absolute Gasteiger partial charge is 1.00 e. The fourth-order valence-corrected chi connectivity index (χ4v) is 1.00. The summed E-state index contributed by atoms with van der Waals surface area (Å²) < 4.78 is 13.2. The molecular weight excluding hydrogens is 142 g/mol. The minimum atomic E-state index is -1.72. The minimum Gasteiger partial charge on any atom is -1.00 e. The van der Waals surface area contributed by atoms with Gasteiger partial charge in [-0.25, -0.2) is 4.39 Å². The van der Waals surface area contributed by atoms with Crippen LogP contribution in [0.3, 0.4) is 0 Å². The molecule has 0 radical (unpaired) electrons. The fourth-order valence-electron chi connectivity index (χ4n) is 1.00. The van der Waals surface area contributed by atoms with Crippen molar-refractivity contribution in [3.05, 3.63) is 18.0 Å². The summed E-state index contributed by atoms with van der Waals surface area (Å²) in [6.07, 6.45) is 1.73. The number of amides is 1. The number of nitrogens with zero attached hydrogens (tertiary/aromatic N) is 1. The maximum Gasteiger partial charge on any atom is 2.00 e. The number of hydrogen-bond donors (Lipinski definition) is 0. The van der Waals surface area contributed by atoms with Crippen molar-refractivity contribution in [2.75, 3.05) is 6.54 Å². The molecule has 1 amide bonds. The second-order valence-electron chi connectivity index (χ2n) is 2.39. The molecule has 0 aromatic carbocycles. The second kappa shape index (κ2) is 3.63. The Morgan fingerprint density at radius 3 is 2.91 bits per heavy atom. The molecule has 1 heterocycles. The summed E-state index contributed by atoms with van der Waals surface area (Å²) in [5.41, 5.74) is -1.72. The van der Waals surface area contributed by atoms with E-state index < -0.39 is 11.6 Å². The van der Waals surface area contributed by atoms with Crippen molar-refractivity contribution in [1.82, 2.24) is 0 Å². The van der Waals surface area contributed by atoms with E-state index >= 15 is 0 Å². The van der Waals surface area contributed by atoms with Crippen LogP contribution in [0.2, 0.25) is 0 Å². The molecule has 58 valence electrons. The third kappa shape index (κ3) is 1.87. The quantitative estimate of drug-likeness (QED) is 0.433. The Kier molecular flexibility index (Phi) is 3.40. The van der Waals surface area contributed by atoms with Crippen molar-refractivity contribution in [1.29, 1.82) is 0 Å². The van der Waals surface area contributed by atoms with Gasteiger partial charge in [-0.15, -0.1) is 13.1 Å². The Balaban J connectivity index is 0. The van der Waals surface area contributed by atoms with Gasteiger partial charge in [0, 0.05) is 6.42 Å². The first-order chi connectivity index (χ1) is 4.69. The summed E-state index contributed by atoms with van der Waals surface area (Å²) in [4.78, 5) is 10.7. The predicted octanol–water partition coefficient (Wildman–Crippen LogP) is 1.31. The van der Waals surface area contributed by atoms with Crippen LogP contribution in [0.25, 0.3) is 5.32 Å². The number of rotatable bonds is 2. The van der Waals surface area contributed by atoms with Crippen LogP contribution >= 0.6 is 0 Å². The van der Waals surface area contributed by atoms with E-state index in [0.717, 1.165) is 0 Å². The van der Waals surface area contributed by atoms with Gasteiger partial charge in [0.15, 0.2) is 5.67 Å². The monoisotopic (exact) mass is 152 g/mol. The number of carbonyl (C=O) groups excluding carboxylic acids is 1. The first-order valence-corrected chi connectivity index (χ1v) is 3.21. The Morgan fingerprint density at radius 2 is 2.55 bits per heavy atom. The molecule has 0 aromatic rings. The average molecular weight is 152 g/mol. The maximum absolute atomic E-state index is 13.2. The predicted molar refractivity (Wildman–Crippen MR) is 43.4 cm³/mol. The number of alkyl halides is 1. The summed E-state index contributed by atoms with van der Waals surface area (Å²) in [6, 6.07) is 0. The molecule has 0 spiro atoms. The molecule has 4 heteroatoms. The van der Waals surface area contributed by atoms with E-state index in [9.17, 15) is 9.18 Å². The van der Waals surface area contributed by atoms with Gasteiger partial charge in [-0.3, -0.25) is 0 Å². The molecule has 1 aliphatic heterocycles. The minimum absolute atomic E-state index is 0. The topological polar surface area (TPSA) is 31.2 Å². The van der Waals surface area contributed by atoms with Crippen LogP contribution in [-0.2, 0) is 4.79 Å². The summed E-state index contributed by atoms with van der Waals surface area (Å²) >= 11 is 0. The Labute approximate surface area is 70.6 Å². The van der Waals surface area contributed by atoms with Crippen molar-refractivity contribution in [3.63, 3.8) is 0 Å². The van der Waals surface area contributed by atoms with Crippen LogP contribution in [0.5, 0.6) is 0 Å². The van der Waals surface area contributed by atoms with Gasteiger partial charge < -0.3 is 11.5 Å². The Bertz CT molecular complexity index is 179. The van der Waals surface area contributed by atoms with Gasteiger partial charge in [-0.05, 0) is 6.42 Å². The standard InChI is InChI=1S/C7H10FNO.Be.H/c1-2-3-7(8)4-5-9-6(7)10;;/h2H,1,3-5H2,(H,9,10);;/q;+2;-1/p-1/t7-;;/m0../s1. The molecule has 1 fully saturated rings. The maximum atomic E-state index is 13.2. The third-order valence-electron chi connectivity index (χ3n) is 1.61. The average Bonchev–Trinajstić information content (AvgIpc) is 2.15. The van der Waals surface area contributed by atoms with E-state index in [-0.39, 0.29) is 24.4 Å². The summed E-state index contributed by atoms with van der Waals surface area (Å²) in [5.74, 6) is -0.618. The molecule has 0 N–H and O–H groups in total. The van der Waals surface area contributed by atoms with Gasteiger partial charge in [-0.2, -0.15) is 0 Å². The molecule has 1 aliphatic rings. The van der Waals surface area contributed by atoms with Gasteiger partial charge in [-0.1, -0.05) is 6.08 Å². The van der Waals surface area contributed by atoms with E-state index in [1.165, 1.54) is 6.08 Å². The van der Waals surface area contributed by atoms with Gasteiger partial charge in [0.2, 0.25) is 0 Å². The van der Waals surface area contributed by atoms with E-state index in [1.807, 2.05) is 0 Å². The zero-order valence-electron chi connectivity index (χ0n) is 7.35. The van der Waals surface area contributed by atoms with Gasteiger partial charge in [0.05, 0.1) is 5.91 Å². The number of halogens is 1. The van der Waals surface area contributed by atoms with E-state index in [2.05, 4.69) is 11.9 Å². The van der Waals surface area contributed by atoms with Crippen molar-refractivity contribution in [3.8, 4) is 0 Å². The molecule has 1 rings (SSSR count). The molecule has 1 atom stereocenters. The van der Waals surface area contributed by atoms with Gasteiger partial charge >= 0.3 is 10.1 Å². The summed E-state index contributed by atoms with van der Waals surface area (Å²) in [5, 5.41) is 3.45. The molecule has 0 bridgehead atoms. The van der Waals surface area contributed by atoms with E-state index in [4.69, 9.17) is 0 Å². The SMILES string of the molecule is C=CC[C@]1(F)CC[N-]C1=O.[Be+2].[H-]. The van der Waals surface area contributed by atoms with Crippen LogP contribution in [0, 0.1) is 0 Å². The van der Waals surface area contributed by atoms with E-state index in [1.54, 1.807) is 0 Å². The molecule has 11 heavy (non-hydrogen) atoms. The molecule has 2 nitrogen and oxygen atoms in total. The molecule has 0 aromatic heterocycles. The normalized spacial score (nSPS) is 29.0. The summed E-state index contributed by atoms with van der Waals surface area (Å²) in [6.45, 7) is 3.69. The van der Waals surface area contributed by atoms with Crippen molar-refractivity contribution < 1.29 is 10.6 Å². The Morgan fingerprint density at radius 1 is 1.91 bits per heavy atom. The van der Waals surface area contributed by atoms with Crippen molar-refractivity contribution in [2.24, 2.45) is 0 Å². The van der Waals surface area contributed by atoms with Crippen molar-refractivity contribution in [2.45, 2.75) is 18.5 Å². The van der Waals surface area contributed by atoms with E-state index in [0.29, 0.717) is 6.54 Å². The zero-order valence-corrected chi connectivity index (χ0v) is 6.35. The number of carbonyl (C=O) groups is 1. The van der Waals surface area contributed by atoms with Crippen LogP contribution in [0.1, 0.15) is 14.3 Å². The first-order valence-electron chi connectivity index (χ1n) is 3.21.